The third-order valence-electron chi connectivity index (χ3n) is 9.76. The number of hydrogen-bond acceptors (Lipinski definition) is 6. The van der Waals surface area contributed by atoms with Crippen LogP contribution in [0.4, 0.5) is 0 Å². The molecule has 6 nitrogen and oxygen atoms in total. The number of benzene rings is 1. The summed E-state index contributed by atoms with van der Waals surface area (Å²) in [6.45, 7) is 14.7. The number of carbonyl (C=O) groups excluding carboxylic acids is 1. The van der Waals surface area contributed by atoms with E-state index < -0.39 is 5.63 Å². The number of unbranched alkanes of at least 4 members (excludes halogenated alkanes) is 1. The van der Waals surface area contributed by atoms with Crippen molar-refractivity contribution in [2.45, 2.75) is 86.0 Å². The van der Waals surface area contributed by atoms with E-state index in [1.165, 1.54) is 42.0 Å². The van der Waals surface area contributed by atoms with Crippen molar-refractivity contribution in [1.29, 1.82) is 0 Å². The number of rotatable bonds is 13. The first kappa shape index (κ1) is 34.4. The molecule has 0 saturated carbocycles. The lowest BCUT2D eigenvalue weighted by Crippen LogP contribution is -2.35. The first-order valence-electron chi connectivity index (χ1n) is 17.3. The smallest absolute Gasteiger partial charge is 0.336 e. The Labute approximate surface area is 279 Å². The molecule has 1 aliphatic heterocycles. The highest BCUT2D eigenvalue weighted by Crippen LogP contribution is 2.41. The van der Waals surface area contributed by atoms with Gasteiger partial charge in [0.15, 0.2) is 16.9 Å². The first-order valence-corrected chi connectivity index (χ1v) is 17.3. The van der Waals surface area contributed by atoms with Gasteiger partial charge in [-0.3, -0.25) is 4.79 Å². The Morgan fingerprint density at radius 2 is 1.83 bits per heavy atom. The number of piperidine rings is 1. The summed E-state index contributed by atoms with van der Waals surface area (Å²) < 4.78 is 17.2. The van der Waals surface area contributed by atoms with Crippen molar-refractivity contribution in [2.75, 3.05) is 26.2 Å². The summed E-state index contributed by atoms with van der Waals surface area (Å²) in [5.74, 6) is 1.16. The lowest BCUT2D eigenvalue weighted by molar-refractivity contribution is -0.115. The van der Waals surface area contributed by atoms with Crippen molar-refractivity contribution in [3.63, 3.8) is 0 Å². The number of furan rings is 1. The third kappa shape index (κ3) is 9.35. The van der Waals surface area contributed by atoms with Crippen molar-refractivity contribution >= 4 is 27.7 Å². The lowest BCUT2D eigenvalue weighted by atomic mass is 9.72. The molecule has 1 aromatic carbocycles. The second-order valence-electron chi connectivity index (χ2n) is 14.2. The van der Waals surface area contributed by atoms with E-state index in [0.29, 0.717) is 35.9 Å². The zero-order valence-corrected chi connectivity index (χ0v) is 28.9. The number of allylic oxidation sites excluding steroid dienone is 10. The van der Waals surface area contributed by atoms with Crippen molar-refractivity contribution in [1.82, 2.24) is 4.90 Å². The van der Waals surface area contributed by atoms with Gasteiger partial charge in [0.2, 0.25) is 5.75 Å². The van der Waals surface area contributed by atoms with E-state index >= 15 is 0 Å². The first-order chi connectivity index (χ1) is 22.6. The number of carbonyl (C=O) groups is 1. The standard InChI is InChI=1S/C41H51NO5/c1-29(13-15-36-31(3)12-9-20-41(36,4)5)10-8-11-30(2)26-35(43)27-32-17-22-42(23-18-32)21-6-7-24-45-40-38-34(19-25-46-38)28-33-14-16-37(44)47-39(33)40/h8,10-11,13-16,19,25-26,28,32H,6-7,9,12,17-18,20-24,27H2,1-5H3. The molecule has 1 aliphatic carbocycles. The van der Waals surface area contributed by atoms with Gasteiger partial charge in [-0.15, -0.1) is 0 Å². The molecule has 0 amide bonds. The molecule has 0 unspecified atom stereocenters. The second-order valence-corrected chi connectivity index (χ2v) is 14.2. The largest absolute Gasteiger partial charge is 0.486 e. The molecule has 3 heterocycles. The van der Waals surface area contributed by atoms with E-state index in [4.69, 9.17) is 13.6 Å². The Hall–Kier alpha value is -3.90. The molecular weight excluding hydrogens is 586 g/mol. The molecule has 3 aromatic rings. The van der Waals surface area contributed by atoms with Gasteiger partial charge in [0.05, 0.1) is 12.9 Å². The summed E-state index contributed by atoms with van der Waals surface area (Å²) >= 11 is 0. The minimum atomic E-state index is -0.407. The Bertz CT molecular complexity index is 1770. The second kappa shape index (κ2) is 15.8. The van der Waals surface area contributed by atoms with Gasteiger partial charge in [0, 0.05) is 23.3 Å². The van der Waals surface area contributed by atoms with Crippen molar-refractivity contribution < 1.29 is 18.4 Å². The summed E-state index contributed by atoms with van der Waals surface area (Å²) in [6, 6.07) is 6.99. The van der Waals surface area contributed by atoms with Crippen LogP contribution in [0.2, 0.25) is 0 Å². The molecule has 47 heavy (non-hydrogen) atoms. The monoisotopic (exact) mass is 637 g/mol. The maximum absolute atomic E-state index is 12.8. The molecule has 0 N–H and O–H groups in total. The number of likely N-dealkylation sites (tertiary alicyclic amines) is 1. The lowest BCUT2D eigenvalue weighted by Gasteiger charge is -2.32. The van der Waals surface area contributed by atoms with Crippen LogP contribution in [0.3, 0.4) is 0 Å². The quantitative estimate of drug-likeness (QED) is 0.0804. The molecule has 1 saturated heterocycles. The van der Waals surface area contributed by atoms with E-state index in [9.17, 15) is 9.59 Å². The van der Waals surface area contributed by atoms with Crippen LogP contribution in [0.1, 0.15) is 86.0 Å². The topological polar surface area (TPSA) is 72.9 Å². The summed E-state index contributed by atoms with van der Waals surface area (Å²) in [6.07, 6.45) is 22.5. The number of fused-ring (bicyclic) bond motifs is 2. The predicted molar refractivity (Wildman–Crippen MR) is 192 cm³/mol. The third-order valence-corrected chi connectivity index (χ3v) is 9.76. The molecule has 5 rings (SSSR count). The van der Waals surface area contributed by atoms with Gasteiger partial charge in [-0.1, -0.05) is 55.4 Å². The van der Waals surface area contributed by atoms with Crippen LogP contribution in [-0.2, 0) is 4.79 Å². The number of ketones is 1. The average molecular weight is 638 g/mol. The van der Waals surface area contributed by atoms with Crippen molar-refractivity contribution in [3.05, 3.63) is 99.7 Å². The van der Waals surface area contributed by atoms with Crippen molar-refractivity contribution in [3.8, 4) is 5.75 Å². The fourth-order valence-electron chi connectivity index (χ4n) is 7.04. The van der Waals surface area contributed by atoms with E-state index in [2.05, 4.69) is 50.8 Å². The van der Waals surface area contributed by atoms with E-state index in [0.717, 1.165) is 61.7 Å². The minimum absolute atomic E-state index is 0.222. The zero-order chi connectivity index (χ0) is 33.4. The molecule has 2 aliphatic rings. The van der Waals surface area contributed by atoms with Crippen molar-refractivity contribution in [2.24, 2.45) is 11.3 Å². The molecule has 0 spiro atoms. The average Bonchev–Trinajstić information content (AvgIpc) is 3.49. The SMILES string of the molecule is CC(C=CC1=C(C)CCCC1(C)C)=CC=CC(C)=CC(=O)CC1CCN(CCCCOc2c3occc3cc3ccc(=O)oc23)CC1. The summed E-state index contributed by atoms with van der Waals surface area (Å²) in [5.41, 5.74) is 6.06. The minimum Gasteiger partial charge on any atom is -0.486 e. The molecule has 2 aromatic heterocycles. The number of ether oxygens (including phenoxy) is 1. The highest BCUT2D eigenvalue weighted by atomic mass is 16.5. The normalized spacial score (nSPS) is 18.7. The van der Waals surface area contributed by atoms with Gasteiger partial charge in [0.25, 0.3) is 0 Å². The molecule has 0 atom stereocenters. The Kier molecular flexibility index (Phi) is 11.6. The summed E-state index contributed by atoms with van der Waals surface area (Å²) in [4.78, 5) is 27.1. The Morgan fingerprint density at radius 3 is 2.62 bits per heavy atom. The molecule has 6 heteroatoms. The number of nitrogens with zero attached hydrogens (tertiary/aromatic N) is 1. The van der Waals surface area contributed by atoms with E-state index in [1.54, 1.807) is 18.4 Å². The van der Waals surface area contributed by atoms with Crippen LogP contribution in [-0.4, -0.2) is 36.9 Å². The highest BCUT2D eigenvalue weighted by molar-refractivity contribution is 5.99. The Balaban J connectivity index is 1.01. The zero-order valence-electron chi connectivity index (χ0n) is 28.9. The van der Waals surface area contributed by atoms with Crippen LogP contribution in [0, 0.1) is 11.3 Å². The Morgan fingerprint density at radius 1 is 1.04 bits per heavy atom. The van der Waals surface area contributed by atoms with Crippen LogP contribution in [0.15, 0.2) is 103 Å². The predicted octanol–water partition coefficient (Wildman–Crippen LogP) is 9.90. The number of hydrogen-bond donors (Lipinski definition) is 0. The van der Waals surface area contributed by atoms with Gasteiger partial charge >= 0.3 is 5.63 Å². The highest BCUT2D eigenvalue weighted by Gasteiger charge is 2.26. The summed E-state index contributed by atoms with van der Waals surface area (Å²) in [7, 11) is 0. The molecule has 250 valence electrons. The summed E-state index contributed by atoms with van der Waals surface area (Å²) in [5, 5.41) is 1.73. The fourth-order valence-corrected chi connectivity index (χ4v) is 7.04. The van der Waals surface area contributed by atoms with E-state index in [1.807, 2.05) is 31.2 Å². The van der Waals surface area contributed by atoms with Gasteiger partial charge < -0.3 is 18.5 Å². The maximum Gasteiger partial charge on any atom is 0.336 e. The van der Waals surface area contributed by atoms with Crippen LogP contribution >= 0.6 is 0 Å². The molecule has 0 bridgehead atoms. The maximum atomic E-state index is 12.8. The molecule has 0 radical (unpaired) electrons. The van der Waals surface area contributed by atoms with E-state index in [-0.39, 0.29) is 11.2 Å². The van der Waals surface area contributed by atoms with Gasteiger partial charge in [0.1, 0.15) is 0 Å². The van der Waals surface area contributed by atoms with Gasteiger partial charge in [-0.2, -0.15) is 0 Å². The molecular formula is C41H51NO5. The van der Waals surface area contributed by atoms with Crippen LogP contribution in [0.25, 0.3) is 21.9 Å². The van der Waals surface area contributed by atoms with Crippen LogP contribution < -0.4 is 10.4 Å². The van der Waals surface area contributed by atoms with Gasteiger partial charge in [-0.05, 0) is 132 Å². The van der Waals surface area contributed by atoms with Gasteiger partial charge in [-0.25, -0.2) is 4.79 Å². The van der Waals surface area contributed by atoms with Crippen LogP contribution in [0.5, 0.6) is 5.75 Å². The molecule has 1 fully saturated rings. The fraction of sp³-hybridized carbons (Fsp3) is 0.463.